The molecular formula is C13H20N8O. The van der Waals surface area contributed by atoms with E-state index in [9.17, 15) is 4.79 Å². The van der Waals surface area contributed by atoms with Gasteiger partial charge in [0.25, 0.3) is 0 Å². The third-order valence-corrected chi connectivity index (χ3v) is 4.38. The number of amidine groups is 1. The molecule has 1 aromatic rings. The molecule has 0 aliphatic carbocycles. The van der Waals surface area contributed by atoms with Crippen molar-refractivity contribution in [2.45, 2.75) is 50.7 Å². The number of aliphatic imine (C=N–C) groups is 1. The molecule has 0 saturated carbocycles. The third-order valence-electron chi connectivity index (χ3n) is 4.38. The van der Waals surface area contributed by atoms with Gasteiger partial charge in [-0.2, -0.15) is 15.2 Å². The lowest BCUT2D eigenvalue weighted by atomic mass is 9.97. The highest BCUT2D eigenvalue weighted by atomic mass is 16.1. The van der Waals surface area contributed by atoms with E-state index < -0.39 is 0 Å². The molecule has 9 nitrogen and oxygen atoms in total. The monoisotopic (exact) mass is 304 g/mol. The molecule has 3 atom stereocenters. The van der Waals surface area contributed by atoms with Crippen LogP contribution in [0.4, 0.5) is 0 Å². The number of piperidine rings is 1. The van der Waals surface area contributed by atoms with E-state index in [1.807, 2.05) is 0 Å². The van der Waals surface area contributed by atoms with Crippen molar-refractivity contribution in [3.63, 3.8) is 0 Å². The average Bonchev–Trinajstić information content (AvgIpc) is 2.99. The molecule has 2 bridgehead atoms. The Kier molecular flexibility index (Phi) is 3.78. The van der Waals surface area contributed by atoms with Crippen molar-refractivity contribution < 1.29 is 0 Å². The number of aromatic nitrogens is 3. The number of nitrogens with zero attached hydrogens (tertiary/aromatic N) is 5. The van der Waals surface area contributed by atoms with Gasteiger partial charge in [-0.05, 0) is 32.6 Å². The minimum absolute atomic E-state index is 0.152. The molecule has 2 fully saturated rings. The summed E-state index contributed by atoms with van der Waals surface area (Å²) in [7, 11) is 0. The molecule has 2 unspecified atom stereocenters. The molecule has 3 heterocycles. The molecule has 2 aliphatic heterocycles. The van der Waals surface area contributed by atoms with Crippen molar-refractivity contribution in [3.8, 4) is 0 Å². The highest BCUT2D eigenvalue weighted by Gasteiger charge is 2.43. The quantitative estimate of drug-likeness (QED) is 0.414. The summed E-state index contributed by atoms with van der Waals surface area (Å²) in [4.78, 5) is 18.2. The number of aromatic amines is 1. The van der Waals surface area contributed by atoms with E-state index in [2.05, 4.69) is 37.3 Å². The minimum Gasteiger partial charge on any atom is -0.335 e. The van der Waals surface area contributed by atoms with Crippen LogP contribution in [-0.4, -0.2) is 50.3 Å². The van der Waals surface area contributed by atoms with Gasteiger partial charge in [0.05, 0.1) is 0 Å². The lowest BCUT2D eigenvalue weighted by Gasteiger charge is -2.40. The van der Waals surface area contributed by atoms with Crippen molar-refractivity contribution >= 4 is 18.5 Å². The first-order chi connectivity index (χ1) is 10.6. The van der Waals surface area contributed by atoms with Crippen LogP contribution in [0, 0.1) is 5.41 Å². The zero-order valence-corrected chi connectivity index (χ0v) is 12.5. The molecule has 118 valence electrons. The summed E-state index contributed by atoms with van der Waals surface area (Å²) in [5.74, 6) is 0.798. The summed E-state index contributed by atoms with van der Waals surface area (Å²) in [6, 6.07) is 0.704. The highest BCUT2D eigenvalue weighted by molar-refractivity contribution is 5.93. The van der Waals surface area contributed by atoms with Gasteiger partial charge in [-0.15, -0.1) is 0 Å². The van der Waals surface area contributed by atoms with E-state index in [0.29, 0.717) is 5.96 Å². The van der Waals surface area contributed by atoms with Crippen LogP contribution in [-0.2, 0) is 0 Å². The second kappa shape index (κ2) is 5.74. The first kappa shape index (κ1) is 14.5. The molecule has 0 aromatic carbocycles. The Labute approximate surface area is 127 Å². The molecule has 2 aliphatic rings. The van der Waals surface area contributed by atoms with Crippen LogP contribution >= 0.6 is 0 Å². The Morgan fingerprint density at radius 1 is 1.45 bits per heavy atom. The maximum Gasteiger partial charge on any atom is 0.343 e. The average molecular weight is 304 g/mol. The van der Waals surface area contributed by atoms with E-state index in [0.717, 1.165) is 25.7 Å². The Balaban J connectivity index is 1.83. The summed E-state index contributed by atoms with van der Waals surface area (Å²) in [6.45, 7) is 5.07. The summed E-state index contributed by atoms with van der Waals surface area (Å²) in [5, 5.41) is 17.6. The Bertz CT molecular complexity index is 645. The number of nitrogens with one attached hydrogen (secondary N) is 3. The van der Waals surface area contributed by atoms with Crippen LogP contribution in [0.3, 0.4) is 0 Å². The van der Waals surface area contributed by atoms with E-state index in [1.165, 1.54) is 0 Å². The molecule has 2 saturated heterocycles. The second-order valence-corrected chi connectivity index (χ2v) is 5.78. The van der Waals surface area contributed by atoms with Gasteiger partial charge in [-0.1, -0.05) is 0 Å². The fourth-order valence-corrected chi connectivity index (χ4v) is 3.61. The largest absolute Gasteiger partial charge is 0.343 e. The number of hydrogen-bond donors (Lipinski definition) is 3. The zero-order valence-electron chi connectivity index (χ0n) is 12.5. The lowest BCUT2D eigenvalue weighted by molar-refractivity contribution is 0.175. The Morgan fingerprint density at radius 3 is 2.64 bits per heavy atom. The molecule has 22 heavy (non-hydrogen) atoms. The number of hydrazone groups is 1. The normalized spacial score (nSPS) is 27.8. The molecular weight excluding hydrogens is 284 g/mol. The predicted molar refractivity (Wildman–Crippen MR) is 83.3 cm³/mol. The van der Waals surface area contributed by atoms with Crippen molar-refractivity contribution in [1.29, 1.82) is 5.41 Å². The summed E-state index contributed by atoms with van der Waals surface area (Å²) in [5.41, 5.74) is 2.65. The number of fused-ring (bicyclic) bond motifs is 2. The summed E-state index contributed by atoms with van der Waals surface area (Å²) in [6.07, 6.45) is 5.36. The molecule has 1 aromatic heterocycles. The van der Waals surface area contributed by atoms with Gasteiger partial charge < -0.3 is 4.90 Å². The van der Waals surface area contributed by atoms with Crippen molar-refractivity contribution in [3.05, 3.63) is 16.8 Å². The van der Waals surface area contributed by atoms with Crippen LogP contribution in [0.25, 0.3) is 0 Å². The topological polar surface area (TPSA) is 115 Å². The maximum atomic E-state index is 11.8. The van der Waals surface area contributed by atoms with Gasteiger partial charge >= 0.3 is 5.69 Å². The van der Waals surface area contributed by atoms with Crippen molar-refractivity contribution in [1.82, 2.24) is 25.1 Å². The predicted octanol–water partition coefficient (Wildman–Crippen LogP) is 0.298. The van der Waals surface area contributed by atoms with Gasteiger partial charge in [0, 0.05) is 24.8 Å². The zero-order chi connectivity index (χ0) is 15.7. The van der Waals surface area contributed by atoms with Crippen LogP contribution in [0.15, 0.2) is 21.2 Å². The molecule has 3 rings (SSSR count). The van der Waals surface area contributed by atoms with Crippen molar-refractivity contribution in [2.75, 3.05) is 0 Å². The molecule has 0 amide bonds. The van der Waals surface area contributed by atoms with Crippen LogP contribution < -0.4 is 11.1 Å². The Hall–Kier alpha value is -2.45. The lowest BCUT2D eigenvalue weighted by Crippen LogP contribution is -2.51. The fraction of sp³-hybridized carbons (Fsp3) is 0.615. The highest BCUT2D eigenvalue weighted by Crippen LogP contribution is 2.40. The van der Waals surface area contributed by atoms with E-state index in [1.54, 1.807) is 17.8 Å². The van der Waals surface area contributed by atoms with Crippen LogP contribution in [0.1, 0.15) is 38.6 Å². The number of hydrogen-bond acceptors (Lipinski definition) is 4. The smallest absolute Gasteiger partial charge is 0.335 e. The third kappa shape index (κ3) is 2.53. The first-order valence-electron chi connectivity index (χ1n) is 7.35. The summed E-state index contributed by atoms with van der Waals surface area (Å²) < 4.78 is 1.68. The maximum absolute atomic E-state index is 11.8. The second-order valence-electron chi connectivity index (χ2n) is 5.78. The van der Waals surface area contributed by atoms with Gasteiger partial charge in [-0.3, -0.25) is 9.98 Å². The summed E-state index contributed by atoms with van der Waals surface area (Å²) >= 11 is 0. The Morgan fingerprint density at radius 2 is 2.14 bits per heavy atom. The standard InChI is InChI=1S/C13H20N8O/c1-8(14)17-12(18-15-2)21-9-3-4-10(21)6-11(5-9)20-7-16-19-13(20)22/h7,9-11H,2-6H2,1H3,(H,19,22)(H2,14,17,18)/t9-,10?,11?/m0/s1. The number of rotatable bonds is 2. The van der Waals surface area contributed by atoms with Crippen LogP contribution in [0.5, 0.6) is 0 Å². The molecule has 0 spiro atoms. The van der Waals surface area contributed by atoms with E-state index in [4.69, 9.17) is 5.41 Å². The number of H-pyrrole nitrogens is 1. The van der Waals surface area contributed by atoms with Gasteiger partial charge in [0.2, 0.25) is 5.96 Å². The van der Waals surface area contributed by atoms with E-state index in [-0.39, 0.29) is 29.7 Å². The fourth-order valence-electron chi connectivity index (χ4n) is 3.61. The molecule has 9 heteroatoms. The number of guanidine groups is 1. The molecule has 0 radical (unpaired) electrons. The van der Waals surface area contributed by atoms with Crippen molar-refractivity contribution in [2.24, 2.45) is 10.1 Å². The van der Waals surface area contributed by atoms with Crippen LogP contribution in [0.2, 0.25) is 0 Å². The van der Waals surface area contributed by atoms with Gasteiger partial charge in [-0.25, -0.2) is 15.3 Å². The SMILES string of the molecule is C=NN/C(=N\C(C)=N)N1C2CC[C@H]1CC(n1cn[nH]c1=O)C2. The van der Waals surface area contributed by atoms with E-state index >= 15 is 0 Å². The minimum atomic E-state index is -0.159. The first-order valence-corrected chi connectivity index (χ1v) is 7.35. The van der Waals surface area contributed by atoms with Gasteiger partial charge in [0.15, 0.2) is 0 Å². The molecule has 3 N–H and O–H groups in total. The van der Waals surface area contributed by atoms with Gasteiger partial charge in [0.1, 0.15) is 12.2 Å².